The molecule has 2 aliphatic heterocycles. The Morgan fingerprint density at radius 1 is 1.36 bits per heavy atom. The molecule has 2 fully saturated rings. The maximum absolute atomic E-state index is 13.1. The van der Waals surface area contributed by atoms with Gasteiger partial charge in [-0.2, -0.15) is 5.10 Å². The molecule has 1 N–H and O–H groups in total. The molecule has 0 saturated carbocycles. The Morgan fingerprint density at radius 3 is 2.86 bits per heavy atom. The van der Waals surface area contributed by atoms with Crippen molar-refractivity contribution in [2.75, 3.05) is 26.8 Å². The second-order valence-electron chi connectivity index (χ2n) is 7.41. The fraction of sp³-hybridized carbons (Fsp3) is 0.450. The van der Waals surface area contributed by atoms with Crippen molar-refractivity contribution >= 4 is 11.8 Å². The Balaban J connectivity index is 1.48. The Labute approximate surface area is 162 Å². The van der Waals surface area contributed by atoms with Gasteiger partial charge in [0.25, 0.3) is 0 Å². The zero-order valence-electron chi connectivity index (χ0n) is 15.7. The normalized spacial score (nSPS) is 24.7. The van der Waals surface area contributed by atoms with Gasteiger partial charge in [-0.3, -0.25) is 9.59 Å². The molecule has 0 aliphatic carbocycles. The van der Waals surface area contributed by atoms with Crippen LogP contribution in [0.5, 0.6) is 0 Å². The van der Waals surface area contributed by atoms with Crippen LogP contribution in [0.2, 0.25) is 0 Å². The van der Waals surface area contributed by atoms with Crippen LogP contribution < -0.4 is 5.32 Å². The van der Waals surface area contributed by atoms with Crippen molar-refractivity contribution in [3.8, 4) is 5.69 Å². The van der Waals surface area contributed by atoms with Crippen molar-refractivity contribution < 1.29 is 18.7 Å². The number of nitrogens with one attached hydrogen (secondary N) is 1. The number of aromatic nitrogens is 2. The number of benzene rings is 1. The first kappa shape index (κ1) is 18.6. The topological polar surface area (TPSA) is 76.5 Å². The van der Waals surface area contributed by atoms with E-state index >= 15 is 0 Å². The quantitative estimate of drug-likeness (QED) is 0.848. The minimum atomic E-state index is -0.305. The summed E-state index contributed by atoms with van der Waals surface area (Å²) >= 11 is 0. The van der Waals surface area contributed by atoms with Gasteiger partial charge in [0.1, 0.15) is 5.82 Å². The highest BCUT2D eigenvalue weighted by Crippen LogP contribution is 2.36. The zero-order chi connectivity index (χ0) is 19.7. The van der Waals surface area contributed by atoms with Crippen LogP contribution in [0.25, 0.3) is 5.69 Å². The van der Waals surface area contributed by atoms with E-state index in [9.17, 15) is 14.0 Å². The number of amides is 2. The predicted molar refractivity (Wildman–Crippen MR) is 99.1 cm³/mol. The van der Waals surface area contributed by atoms with Gasteiger partial charge in [0.15, 0.2) is 0 Å². The van der Waals surface area contributed by atoms with Crippen LogP contribution >= 0.6 is 0 Å². The minimum absolute atomic E-state index is 0.0136. The molecule has 1 aromatic carbocycles. The van der Waals surface area contributed by atoms with E-state index in [1.165, 1.54) is 12.1 Å². The Kier molecular flexibility index (Phi) is 5.13. The average Bonchev–Trinajstić information content (AvgIpc) is 3.42. The summed E-state index contributed by atoms with van der Waals surface area (Å²) in [5, 5.41) is 7.35. The summed E-state index contributed by atoms with van der Waals surface area (Å²) in [5.41, 5.74) is 1.63. The van der Waals surface area contributed by atoms with Crippen molar-refractivity contribution in [1.29, 1.82) is 0 Å². The summed E-state index contributed by atoms with van der Waals surface area (Å²) in [4.78, 5) is 26.3. The van der Waals surface area contributed by atoms with Gasteiger partial charge in [0.05, 0.1) is 30.5 Å². The highest BCUT2D eigenvalue weighted by Gasteiger charge is 2.39. The first-order valence-electron chi connectivity index (χ1n) is 9.44. The van der Waals surface area contributed by atoms with Crippen LogP contribution in [-0.4, -0.2) is 53.3 Å². The zero-order valence-corrected chi connectivity index (χ0v) is 15.7. The number of carbonyl (C=O) groups is 2. The van der Waals surface area contributed by atoms with Crippen LogP contribution in [0.4, 0.5) is 4.39 Å². The van der Waals surface area contributed by atoms with Gasteiger partial charge in [-0.05, 0) is 30.7 Å². The van der Waals surface area contributed by atoms with Gasteiger partial charge in [-0.25, -0.2) is 9.07 Å². The lowest BCUT2D eigenvalue weighted by molar-refractivity contribution is -0.128. The minimum Gasteiger partial charge on any atom is -0.381 e. The molecule has 0 unspecified atom stereocenters. The molecule has 2 aromatic rings. The van der Waals surface area contributed by atoms with E-state index in [-0.39, 0.29) is 35.5 Å². The molecule has 2 aliphatic rings. The molecule has 0 spiro atoms. The third-order valence-electron chi connectivity index (χ3n) is 5.57. The van der Waals surface area contributed by atoms with Gasteiger partial charge in [-0.15, -0.1) is 0 Å². The summed E-state index contributed by atoms with van der Waals surface area (Å²) in [6.07, 6.45) is 4.70. The average molecular weight is 386 g/mol. The van der Waals surface area contributed by atoms with E-state index in [2.05, 4.69) is 10.4 Å². The lowest BCUT2D eigenvalue weighted by Gasteiger charge is -2.24. The van der Waals surface area contributed by atoms with Gasteiger partial charge in [0, 0.05) is 44.3 Å². The number of ether oxygens (including phenoxy) is 1. The number of halogens is 1. The molecule has 4 rings (SSSR count). The summed E-state index contributed by atoms with van der Waals surface area (Å²) in [7, 11) is 1.77. The Morgan fingerprint density at radius 2 is 2.14 bits per heavy atom. The number of nitrogens with zero attached hydrogens (tertiary/aromatic N) is 3. The summed E-state index contributed by atoms with van der Waals surface area (Å²) < 4.78 is 20.1. The number of hydrogen-bond donors (Lipinski definition) is 1. The number of rotatable bonds is 5. The molecule has 2 amide bonds. The largest absolute Gasteiger partial charge is 0.381 e. The van der Waals surface area contributed by atoms with Crippen LogP contribution in [0.3, 0.4) is 0 Å². The van der Waals surface area contributed by atoms with E-state index in [1.54, 1.807) is 35.0 Å². The summed E-state index contributed by atoms with van der Waals surface area (Å²) in [5.74, 6) is -0.409. The first-order valence-corrected chi connectivity index (χ1v) is 9.44. The lowest BCUT2D eigenvalue weighted by Crippen LogP contribution is -2.36. The Hall–Kier alpha value is -2.74. The molecule has 8 heteroatoms. The number of carbonyl (C=O) groups excluding carboxylic acids is 2. The summed E-state index contributed by atoms with van der Waals surface area (Å²) in [6, 6.07) is 5.90. The monoisotopic (exact) mass is 386 g/mol. The third-order valence-corrected chi connectivity index (χ3v) is 5.57. The number of hydrogen-bond acceptors (Lipinski definition) is 4. The van der Waals surface area contributed by atoms with Crippen molar-refractivity contribution in [2.45, 2.75) is 18.9 Å². The van der Waals surface area contributed by atoms with Crippen molar-refractivity contribution in [3.63, 3.8) is 0 Å². The molecule has 0 bridgehead atoms. The van der Waals surface area contributed by atoms with Crippen LogP contribution in [-0.2, 0) is 14.3 Å². The van der Waals surface area contributed by atoms with Crippen molar-refractivity contribution in [3.05, 3.63) is 48.0 Å². The second-order valence-corrected chi connectivity index (χ2v) is 7.41. The van der Waals surface area contributed by atoms with Gasteiger partial charge < -0.3 is 15.0 Å². The van der Waals surface area contributed by atoms with E-state index in [4.69, 9.17) is 4.74 Å². The van der Waals surface area contributed by atoms with E-state index < -0.39 is 0 Å². The second kappa shape index (κ2) is 7.71. The predicted octanol–water partition coefficient (Wildman–Crippen LogP) is 1.68. The fourth-order valence-corrected chi connectivity index (χ4v) is 3.97. The third kappa shape index (κ3) is 3.64. The van der Waals surface area contributed by atoms with Crippen molar-refractivity contribution in [2.24, 2.45) is 11.8 Å². The van der Waals surface area contributed by atoms with Crippen LogP contribution in [0, 0.1) is 17.7 Å². The van der Waals surface area contributed by atoms with E-state index in [0.717, 1.165) is 17.7 Å². The first-order chi connectivity index (χ1) is 13.5. The highest BCUT2D eigenvalue weighted by atomic mass is 19.1. The van der Waals surface area contributed by atoms with Gasteiger partial charge in [-0.1, -0.05) is 0 Å². The van der Waals surface area contributed by atoms with Gasteiger partial charge >= 0.3 is 0 Å². The SMILES string of the molecule is CN1C(=O)C[C@@H](CNC(=O)[C@@H]2CCOC2)[C@@H]1c1cnn(-c2ccc(F)cc2)c1. The molecule has 3 heterocycles. The maximum Gasteiger partial charge on any atom is 0.225 e. The molecule has 3 atom stereocenters. The lowest BCUT2D eigenvalue weighted by atomic mass is 9.95. The summed E-state index contributed by atoms with van der Waals surface area (Å²) in [6.45, 7) is 1.51. The van der Waals surface area contributed by atoms with Crippen LogP contribution in [0.15, 0.2) is 36.7 Å². The Bertz CT molecular complexity index is 861. The molecular weight excluding hydrogens is 363 g/mol. The highest BCUT2D eigenvalue weighted by molar-refractivity contribution is 5.81. The van der Waals surface area contributed by atoms with E-state index in [0.29, 0.717) is 26.2 Å². The number of likely N-dealkylation sites (tertiary alicyclic amines) is 1. The molecule has 148 valence electrons. The maximum atomic E-state index is 13.1. The smallest absolute Gasteiger partial charge is 0.225 e. The molecule has 2 saturated heterocycles. The fourth-order valence-electron chi connectivity index (χ4n) is 3.97. The van der Waals surface area contributed by atoms with E-state index in [1.807, 2.05) is 6.20 Å². The van der Waals surface area contributed by atoms with Crippen LogP contribution in [0.1, 0.15) is 24.4 Å². The molecule has 7 nitrogen and oxygen atoms in total. The van der Waals surface area contributed by atoms with Gasteiger partial charge in [0.2, 0.25) is 11.8 Å². The molecule has 28 heavy (non-hydrogen) atoms. The molecule has 1 aromatic heterocycles. The molecule has 0 radical (unpaired) electrons. The standard InChI is InChI=1S/C20H23FN4O3/c1-24-18(26)8-14(9-22-20(27)13-6-7-28-12-13)19(24)15-10-23-25(11-15)17-4-2-16(21)3-5-17/h2-5,10-11,13-14,19H,6-9,12H2,1H3,(H,22,27)/t13-,14+,19-/m1/s1. The van der Waals surface area contributed by atoms with Crippen molar-refractivity contribution in [1.82, 2.24) is 20.0 Å². The molecular formula is C20H23FN4O3.